The Morgan fingerprint density at radius 1 is 1.25 bits per heavy atom. The molecule has 0 unspecified atom stereocenters. The predicted molar refractivity (Wildman–Crippen MR) is 91.4 cm³/mol. The standard InChI is InChI=1S/C17H25NO5S/c1-21-15-7-13(8-16(9-15)22-2)11-18-14-3-5-23-17(10-14)4-6-24(19,20)12-17/h7-9,14,18H,3-6,10-12H2,1-2H3/t14-,17-/m1/s1. The fourth-order valence-corrected chi connectivity index (χ4v) is 5.57. The molecule has 24 heavy (non-hydrogen) atoms. The van der Waals surface area contributed by atoms with Gasteiger partial charge in [0, 0.05) is 25.3 Å². The van der Waals surface area contributed by atoms with Gasteiger partial charge in [0.05, 0.1) is 31.3 Å². The second-order valence-corrected chi connectivity index (χ2v) is 8.85. The fourth-order valence-electron chi connectivity index (χ4n) is 3.59. The molecule has 2 atom stereocenters. The van der Waals surface area contributed by atoms with Gasteiger partial charge in [0.1, 0.15) is 11.5 Å². The quantitative estimate of drug-likeness (QED) is 0.863. The van der Waals surface area contributed by atoms with Crippen molar-refractivity contribution in [1.82, 2.24) is 5.32 Å². The smallest absolute Gasteiger partial charge is 0.153 e. The molecule has 2 aliphatic rings. The van der Waals surface area contributed by atoms with Gasteiger partial charge in [-0.2, -0.15) is 0 Å². The van der Waals surface area contributed by atoms with Gasteiger partial charge >= 0.3 is 0 Å². The van der Waals surface area contributed by atoms with Crippen LogP contribution in [0.2, 0.25) is 0 Å². The van der Waals surface area contributed by atoms with E-state index in [1.165, 1.54) is 0 Å². The van der Waals surface area contributed by atoms with Gasteiger partial charge in [-0.15, -0.1) is 0 Å². The van der Waals surface area contributed by atoms with Crippen LogP contribution in [-0.4, -0.2) is 52.4 Å². The van der Waals surface area contributed by atoms with Gasteiger partial charge < -0.3 is 19.5 Å². The summed E-state index contributed by atoms with van der Waals surface area (Å²) in [6.07, 6.45) is 2.25. The van der Waals surface area contributed by atoms with Crippen molar-refractivity contribution in [3.8, 4) is 11.5 Å². The van der Waals surface area contributed by atoms with Crippen molar-refractivity contribution in [2.24, 2.45) is 0 Å². The minimum atomic E-state index is -2.95. The van der Waals surface area contributed by atoms with Gasteiger partial charge in [0.25, 0.3) is 0 Å². The van der Waals surface area contributed by atoms with Crippen LogP contribution in [-0.2, 0) is 21.1 Å². The first-order valence-corrected chi connectivity index (χ1v) is 10.1. The third-order valence-electron chi connectivity index (χ3n) is 4.85. The molecule has 1 aromatic rings. The van der Waals surface area contributed by atoms with E-state index in [2.05, 4.69) is 5.32 Å². The number of rotatable bonds is 5. The van der Waals surface area contributed by atoms with E-state index in [-0.39, 0.29) is 17.5 Å². The molecule has 3 rings (SSSR count). The number of methoxy groups -OCH3 is 2. The zero-order valence-electron chi connectivity index (χ0n) is 14.2. The van der Waals surface area contributed by atoms with Crippen LogP contribution in [0, 0.1) is 0 Å². The number of ether oxygens (including phenoxy) is 3. The molecule has 1 aromatic carbocycles. The Bertz CT molecular complexity index is 668. The summed E-state index contributed by atoms with van der Waals surface area (Å²) >= 11 is 0. The highest BCUT2D eigenvalue weighted by Crippen LogP contribution is 2.35. The summed E-state index contributed by atoms with van der Waals surface area (Å²) in [6.45, 7) is 1.29. The van der Waals surface area contributed by atoms with Crippen LogP contribution in [0.25, 0.3) is 0 Å². The molecule has 2 aliphatic heterocycles. The molecular formula is C17H25NO5S. The van der Waals surface area contributed by atoms with Crippen molar-refractivity contribution in [2.45, 2.75) is 37.5 Å². The zero-order valence-corrected chi connectivity index (χ0v) is 15.0. The number of benzene rings is 1. The van der Waals surface area contributed by atoms with Crippen LogP contribution in [0.3, 0.4) is 0 Å². The number of nitrogens with one attached hydrogen (secondary N) is 1. The Labute approximate surface area is 143 Å². The molecule has 1 spiro atoms. The lowest BCUT2D eigenvalue weighted by atomic mass is 9.90. The summed E-state index contributed by atoms with van der Waals surface area (Å²) in [5, 5.41) is 3.53. The Balaban J connectivity index is 1.63. The lowest BCUT2D eigenvalue weighted by Gasteiger charge is -2.37. The maximum Gasteiger partial charge on any atom is 0.153 e. The van der Waals surface area contributed by atoms with Crippen molar-refractivity contribution < 1.29 is 22.6 Å². The van der Waals surface area contributed by atoms with Crippen LogP contribution in [0.15, 0.2) is 18.2 Å². The van der Waals surface area contributed by atoms with Crippen molar-refractivity contribution in [3.63, 3.8) is 0 Å². The molecule has 0 aromatic heterocycles. The van der Waals surface area contributed by atoms with Crippen LogP contribution < -0.4 is 14.8 Å². The van der Waals surface area contributed by atoms with E-state index in [0.717, 1.165) is 29.9 Å². The fraction of sp³-hybridized carbons (Fsp3) is 0.647. The maximum atomic E-state index is 11.8. The van der Waals surface area contributed by atoms with Crippen molar-refractivity contribution >= 4 is 9.84 Å². The molecule has 0 aliphatic carbocycles. The number of hydrogen-bond acceptors (Lipinski definition) is 6. The molecule has 134 valence electrons. The Morgan fingerprint density at radius 2 is 1.96 bits per heavy atom. The lowest BCUT2D eigenvalue weighted by molar-refractivity contribution is -0.0705. The maximum absolute atomic E-state index is 11.8. The van der Waals surface area contributed by atoms with Crippen LogP contribution >= 0.6 is 0 Å². The molecule has 0 amide bonds. The second kappa shape index (κ2) is 6.90. The zero-order chi connectivity index (χ0) is 17.2. The van der Waals surface area contributed by atoms with E-state index in [9.17, 15) is 8.42 Å². The molecule has 2 heterocycles. The summed E-state index contributed by atoms with van der Waals surface area (Å²) in [5.74, 6) is 1.92. The van der Waals surface area contributed by atoms with Gasteiger partial charge in [0.15, 0.2) is 9.84 Å². The summed E-state index contributed by atoms with van der Waals surface area (Å²) < 4.78 is 40.1. The van der Waals surface area contributed by atoms with E-state index >= 15 is 0 Å². The summed E-state index contributed by atoms with van der Waals surface area (Å²) in [6, 6.07) is 6.05. The first kappa shape index (κ1) is 17.5. The summed E-state index contributed by atoms with van der Waals surface area (Å²) in [5.41, 5.74) is 0.590. The van der Waals surface area contributed by atoms with Crippen LogP contribution in [0.4, 0.5) is 0 Å². The molecule has 1 N–H and O–H groups in total. The summed E-state index contributed by atoms with van der Waals surface area (Å²) in [4.78, 5) is 0. The van der Waals surface area contributed by atoms with Crippen LogP contribution in [0.1, 0.15) is 24.8 Å². The second-order valence-electron chi connectivity index (χ2n) is 6.67. The van der Waals surface area contributed by atoms with E-state index in [0.29, 0.717) is 19.6 Å². The van der Waals surface area contributed by atoms with E-state index in [4.69, 9.17) is 14.2 Å². The average molecular weight is 355 g/mol. The minimum Gasteiger partial charge on any atom is -0.497 e. The monoisotopic (exact) mass is 355 g/mol. The Morgan fingerprint density at radius 3 is 2.54 bits per heavy atom. The molecule has 6 nitrogen and oxygen atoms in total. The third kappa shape index (κ3) is 4.02. The van der Waals surface area contributed by atoms with Gasteiger partial charge in [-0.25, -0.2) is 8.42 Å². The van der Waals surface area contributed by atoms with Gasteiger partial charge in [0.2, 0.25) is 0 Å². The normalized spacial score (nSPS) is 28.8. The minimum absolute atomic E-state index is 0.158. The van der Waals surface area contributed by atoms with Gasteiger partial charge in [-0.05, 0) is 37.0 Å². The number of sulfone groups is 1. The highest BCUT2D eigenvalue weighted by molar-refractivity contribution is 7.91. The van der Waals surface area contributed by atoms with Crippen LogP contribution in [0.5, 0.6) is 11.5 Å². The van der Waals surface area contributed by atoms with Crippen molar-refractivity contribution in [2.75, 3.05) is 32.3 Å². The number of hydrogen-bond donors (Lipinski definition) is 1. The Hall–Kier alpha value is -1.31. The predicted octanol–water partition coefficient (Wildman–Crippen LogP) is 1.53. The molecule has 0 saturated carbocycles. The molecule has 2 saturated heterocycles. The lowest BCUT2D eigenvalue weighted by Crippen LogP contribution is -2.47. The SMILES string of the molecule is COc1cc(CN[C@@H]2CCO[C@]3(CCS(=O)(=O)C3)C2)cc(OC)c1. The first-order chi connectivity index (χ1) is 11.4. The highest BCUT2D eigenvalue weighted by Gasteiger charge is 2.46. The highest BCUT2D eigenvalue weighted by atomic mass is 32.2. The largest absolute Gasteiger partial charge is 0.497 e. The summed E-state index contributed by atoms with van der Waals surface area (Å²) in [7, 11) is 0.319. The topological polar surface area (TPSA) is 73.9 Å². The van der Waals surface area contributed by atoms with Gasteiger partial charge in [-0.1, -0.05) is 0 Å². The van der Waals surface area contributed by atoms with E-state index < -0.39 is 15.4 Å². The van der Waals surface area contributed by atoms with E-state index in [1.807, 2.05) is 18.2 Å². The molecule has 7 heteroatoms. The van der Waals surface area contributed by atoms with Gasteiger partial charge in [-0.3, -0.25) is 0 Å². The third-order valence-corrected chi connectivity index (χ3v) is 6.64. The van der Waals surface area contributed by atoms with E-state index in [1.54, 1.807) is 14.2 Å². The first-order valence-electron chi connectivity index (χ1n) is 8.23. The molecule has 2 fully saturated rings. The van der Waals surface area contributed by atoms with Crippen molar-refractivity contribution in [3.05, 3.63) is 23.8 Å². The molecular weight excluding hydrogens is 330 g/mol. The molecule has 0 radical (unpaired) electrons. The van der Waals surface area contributed by atoms with Crippen molar-refractivity contribution in [1.29, 1.82) is 0 Å². The average Bonchev–Trinajstić information content (AvgIpc) is 2.86. The Kier molecular flexibility index (Phi) is 5.03. The molecule has 0 bridgehead atoms.